The summed E-state index contributed by atoms with van der Waals surface area (Å²) in [4.78, 5) is 37.5. The van der Waals surface area contributed by atoms with Crippen LogP contribution >= 0.6 is 11.6 Å². The highest BCUT2D eigenvalue weighted by atomic mass is 35.5. The molecule has 0 spiro atoms. The number of nitrogens with zero attached hydrogens (tertiary/aromatic N) is 1. The summed E-state index contributed by atoms with van der Waals surface area (Å²) >= 11 is 5.84. The fourth-order valence-corrected chi connectivity index (χ4v) is 2.75. The number of anilines is 1. The van der Waals surface area contributed by atoms with Gasteiger partial charge in [0.1, 0.15) is 18.0 Å². The van der Waals surface area contributed by atoms with E-state index in [1.54, 1.807) is 24.3 Å². The molecule has 3 rings (SSSR count). The molecule has 0 saturated carbocycles. The summed E-state index contributed by atoms with van der Waals surface area (Å²) in [6, 6.07) is 10.9. The average molecular weight is 386 g/mol. The highest BCUT2D eigenvalue weighted by Gasteiger charge is 2.34. The largest absolute Gasteiger partial charge is 0.506 e. The summed E-state index contributed by atoms with van der Waals surface area (Å²) in [5.74, 6) is -1.20. The van der Waals surface area contributed by atoms with Gasteiger partial charge >= 0.3 is 6.03 Å². The lowest BCUT2D eigenvalue weighted by molar-refractivity contribution is -0.127. The second kappa shape index (κ2) is 7.51. The second-order valence-corrected chi connectivity index (χ2v) is 6.42. The van der Waals surface area contributed by atoms with E-state index in [9.17, 15) is 19.5 Å². The van der Waals surface area contributed by atoms with Gasteiger partial charge in [0.05, 0.1) is 5.02 Å². The maximum absolute atomic E-state index is 12.4. The van der Waals surface area contributed by atoms with E-state index in [2.05, 4.69) is 10.6 Å². The summed E-state index contributed by atoms with van der Waals surface area (Å²) in [7, 11) is 0. The Morgan fingerprint density at radius 3 is 2.74 bits per heavy atom. The first kappa shape index (κ1) is 18.5. The fraction of sp³-hybridized carbons (Fsp3) is 0.105. The number of phenols is 1. The third-order valence-corrected chi connectivity index (χ3v) is 4.15. The van der Waals surface area contributed by atoms with Crippen molar-refractivity contribution in [2.45, 2.75) is 6.92 Å². The minimum atomic E-state index is -0.685. The van der Waals surface area contributed by atoms with Crippen LogP contribution < -0.4 is 10.6 Å². The molecule has 0 bridgehead atoms. The number of benzene rings is 2. The van der Waals surface area contributed by atoms with Crippen molar-refractivity contribution in [2.24, 2.45) is 0 Å². The Morgan fingerprint density at radius 1 is 1.26 bits per heavy atom. The number of phenolic OH excluding ortho intramolecular Hbond substituents is 1. The Morgan fingerprint density at radius 2 is 2.04 bits per heavy atom. The normalized spacial score (nSPS) is 15.2. The number of carbonyl (C=O) groups excluding carboxylic acids is 3. The Labute approximate surface area is 160 Å². The predicted molar refractivity (Wildman–Crippen MR) is 101 cm³/mol. The predicted octanol–water partition coefficient (Wildman–Crippen LogP) is 2.89. The van der Waals surface area contributed by atoms with Crippen LogP contribution in [0.5, 0.6) is 5.75 Å². The number of carbonyl (C=O) groups is 3. The second-order valence-electron chi connectivity index (χ2n) is 6.01. The molecule has 4 amide bonds. The van der Waals surface area contributed by atoms with Gasteiger partial charge in [-0.05, 0) is 48.4 Å². The van der Waals surface area contributed by atoms with Gasteiger partial charge in [-0.2, -0.15) is 0 Å². The molecule has 0 aromatic heterocycles. The van der Waals surface area contributed by atoms with Crippen LogP contribution in [0, 0.1) is 6.92 Å². The number of aromatic hydroxyl groups is 1. The molecular formula is C19H16ClN3O4. The molecule has 1 aliphatic heterocycles. The minimum absolute atomic E-state index is 0.0186. The van der Waals surface area contributed by atoms with Crippen LogP contribution in [0.4, 0.5) is 10.5 Å². The van der Waals surface area contributed by atoms with Crippen LogP contribution in [-0.4, -0.2) is 34.4 Å². The molecule has 2 aromatic carbocycles. The maximum Gasteiger partial charge on any atom is 0.329 e. The third kappa shape index (κ3) is 4.27. The zero-order valence-electron chi connectivity index (χ0n) is 14.3. The van der Waals surface area contributed by atoms with Crippen molar-refractivity contribution in [3.05, 3.63) is 64.3 Å². The summed E-state index contributed by atoms with van der Waals surface area (Å²) in [5.41, 5.74) is 2.10. The number of aryl methyl sites for hydroxylation is 1. The molecule has 0 unspecified atom stereocenters. The smallest absolute Gasteiger partial charge is 0.329 e. The average Bonchev–Trinajstić information content (AvgIpc) is 2.85. The SMILES string of the molecule is Cc1cccc(NC(=O)CN2C(=O)NC(=Cc3ccc(O)c(Cl)c3)C2=O)c1. The lowest BCUT2D eigenvalue weighted by Crippen LogP contribution is -2.38. The summed E-state index contributed by atoms with van der Waals surface area (Å²) < 4.78 is 0. The first-order chi connectivity index (χ1) is 12.8. The van der Waals surface area contributed by atoms with Crippen LogP contribution in [0.3, 0.4) is 0 Å². The van der Waals surface area contributed by atoms with E-state index < -0.39 is 24.4 Å². The summed E-state index contributed by atoms with van der Waals surface area (Å²) in [6.45, 7) is 1.48. The van der Waals surface area contributed by atoms with Crippen molar-refractivity contribution in [3.63, 3.8) is 0 Å². The molecule has 1 aliphatic rings. The molecule has 138 valence electrons. The molecule has 2 aromatic rings. The minimum Gasteiger partial charge on any atom is -0.506 e. The van der Waals surface area contributed by atoms with Crippen LogP contribution in [0.25, 0.3) is 6.08 Å². The van der Waals surface area contributed by atoms with Crippen LogP contribution in [0.15, 0.2) is 48.2 Å². The van der Waals surface area contributed by atoms with Gasteiger partial charge in [-0.15, -0.1) is 0 Å². The monoisotopic (exact) mass is 385 g/mol. The Balaban J connectivity index is 1.71. The van der Waals surface area contributed by atoms with Crippen LogP contribution in [0.2, 0.25) is 5.02 Å². The van der Waals surface area contributed by atoms with E-state index in [1.165, 1.54) is 18.2 Å². The van der Waals surface area contributed by atoms with Gasteiger partial charge in [-0.25, -0.2) is 9.69 Å². The van der Waals surface area contributed by atoms with Gasteiger partial charge < -0.3 is 15.7 Å². The number of halogens is 1. The highest BCUT2D eigenvalue weighted by molar-refractivity contribution is 6.32. The first-order valence-corrected chi connectivity index (χ1v) is 8.41. The van der Waals surface area contributed by atoms with Gasteiger partial charge in [-0.1, -0.05) is 29.8 Å². The van der Waals surface area contributed by atoms with E-state index in [0.717, 1.165) is 10.5 Å². The molecule has 3 N–H and O–H groups in total. The van der Waals surface area contributed by atoms with Crippen molar-refractivity contribution in [3.8, 4) is 5.75 Å². The van der Waals surface area contributed by atoms with Crippen LogP contribution in [0.1, 0.15) is 11.1 Å². The van der Waals surface area contributed by atoms with Gasteiger partial charge in [0.15, 0.2) is 0 Å². The van der Waals surface area contributed by atoms with E-state index >= 15 is 0 Å². The van der Waals surface area contributed by atoms with Gasteiger partial charge in [0.25, 0.3) is 5.91 Å². The van der Waals surface area contributed by atoms with Crippen molar-refractivity contribution in [1.29, 1.82) is 0 Å². The van der Waals surface area contributed by atoms with Gasteiger partial charge in [0.2, 0.25) is 5.91 Å². The molecule has 1 saturated heterocycles. The fourth-order valence-electron chi connectivity index (χ4n) is 2.56. The molecule has 7 nitrogen and oxygen atoms in total. The standard InChI is InChI=1S/C19H16ClN3O4/c1-11-3-2-4-13(7-11)21-17(25)10-23-18(26)15(22-19(23)27)9-12-5-6-16(24)14(20)8-12/h2-9,24H,10H2,1H3,(H,21,25)(H,22,27). The third-order valence-electron chi connectivity index (χ3n) is 3.85. The van der Waals surface area contributed by atoms with Crippen molar-refractivity contribution in [2.75, 3.05) is 11.9 Å². The molecule has 0 radical (unpaired) electrons. The molecule has 8 heteroatoms. The van der Waals surface area contributed by atoms with Gasteiger partial charge in [-0.3, -0.25) is 9.59 Å². The topological polar surface area (TPSA) is 98.7 Å². The molecule has 1 fully saturated rings. The van der Waals surface area contributed by atoms with E-state index in [1.807, 2.05) is 13.0 Å². The Kier molecular flexibility index (Phi) is 5.14. The van der Waals surface area contributed by atoms with E-state index in [4.69, 9.17) is 11.6 Å². The number of imide groups is 1. The summed E-state index contributed by atoms with van der Waals surface area (Å²) in [5, 5.41) is 14.6. The molecular weight excluding hydrogens is 370 g/mol. The maximum atomic E-state index is 12.4. The van der Waals surface area contributed by atoms with Crippen molar-refractivity contribution in [1.82, 2.24) is 10.2 Å². The lowest BCUT2D eigenvalue weighted by Gasteiger charge is -2.12. The molecule has 0 atom stereocenters. The number of amides is 4. The Hall–Kier alpha value is -3.32. The Bertz CT molecular complexity index is 971. The molecule has 0 aliphatic carbocycles. The van der Waals surface area contributed by atoms with Crippen LogP contribution in [-0.2, 0) is 9.59 Å². The summed E-state index contributed by atoms with van der Waals surface area (Å²) in [6.07, 6.45) is 1.42. The highest BCUT2D eigenvalue weighted by Crippen LogP contribution is 2.25. The van der Waals surface area contributed by atoms with Gasteiger partial charge in [0, 0.05) is 5.69 Å². The van der Waals surface area contributed by atoms with E-state index in [0.29, 0.717) is 11.3 Å². The zero-order valence-corrected chi connectivity index (χ0v) is 15.1. The first-order valence-electron chi connectivity index (χ1n) is 8.03. The van der Waals surface area contributed by atoms with Crippen molar-refractivity contribution >= 4 is 41.2 Å². The number of hydrogen-bond acceptors (Lipinski definition) is 4. The number of nitrogens with one attached hydrogen (secondary N) is 2. The lowest BCUT2D eigenvalue weighted by atomic mass is 10.2. The number of urea groups is 1. The number of rotatable bonds is 4. The quantitative estimate of drug-likeness (QED) is 0.556. The van der Waals surface area contributed by atoms with Crippen molar-refractivity contribution < 1.29 is 19.5 Å². The van der Waals surface area contributed by atoms with E-state index in [-0.39, 0.29) is 16.5 Å². The number of hydrogen-bond donors (Lipinski definition) is 3. The molecule has 1 heterocycles. The molecule has 27 heavy (non-hydrogen) atoms. The zero-order chi connectivity index (χ0) is 19.6.